The van der Waals surface area contributed by atoms with Gasteiger partial charge in [-0.05, 0) is 25.1 Å². The zero-order chi connectivity index (χ0) is 17.6. The molecule has 0 bridgehead atoms. The number of carbonyl (C=O) groups is 3. The number of hydrogen-bond donors (Lipinski definition) is 0. The van der Waals surface area contributed by atoms with Gasteiger partial charge in [0.25, 0.3) is 0 Å². The predicted octanol–water partition coefficient (Wildman–Crippen LogP) is 1.74. The van der Waals surface area contributed by atoms with Crippen molar-refractivity contribution < 1.29 is 33.3 Å². The molecule has 1 aromatic rings. The van der Waals surface area contributed by atoms with E-state index in [1.165, 1.54) is 33.3 Å². The zero-order valence-electron chi connectivity index (χ0n) is 13.6. The lowest BCUT2D eigenvalue weighted by atomic mass is 10.0. The Hall–Kier alpha value is -2.83. The number of esters is 2. The van der Waals surface area contributed by atoms with Crippen molar-refractivity contribution in [1.82, 2.24) is 0 Å². The van der Waals surface area contributed by atoms with Crippen LogP contribution in [0.4, 0.5) is 0 Å². The first-order valence-corrected chi connectivity index (χ1v) is 6.60. The van der Waals surface area contributed by atoms with Crippen molar-refractivity contribution >= 4 is 23.5 Å². The van der Waals surface area contributed by atoms with Crippen molar-refractivity contribution in [3.63, 3.8) is 0 Å². The second kappa shape index (κ2) is 7.98. The number of Topliss-reactive ketones (excluding diaryl/α,β-unsaturated/α-hetero) is 1. The monoisotopic (exact) mass is 322 g/mol. The zero-order valence-corrected chi connectivity index (χ0v) is 13.6. The summed E-state index contributed by atoms with van der Waals surface area (Å²) in [6.45, 7) is 2.34. The lowest BCUT2D eigenvalue weighted by Crippen LogP contribution is -2.16. The van der Waals surface area contributed by atoms with Crippen LogP contribution in [0, 0.1) is 0 Å². The van der Waals surface area contributed by atoms with E-state index in [9.17, 15) is 14.4 Å². The van der Waals surface area contributed by atoms with Gasteiger partial charge in [0.1, 0.15) is 5.57 Å². The predicted molar refractivity (Wildman–Crippen MR) is 80.9 cm³/mol. The maximum atomic E-state index is 11.9. The quantitative estimate of drug-likeness (QED) is 0.259. The Morgan fingerprint density at radius 1 is 0.913 bits per heavy atom. The van der Waals surface area contributed by atoms with E-state index in [2.05, 4.69) is 4.74 Å². The Bertz CT molecular complexity index is 658. The first kappa shape index (κ1) is 18.2. The van der Waals surface area contributed by atoms with E-state index in [0.717, 1.165) is 14.0 Å². The summed E-state index contributed by atoms with van der Waals surface area (Å²) in [5.41, 5.74) is -0.0663. The number of rotatable bonds is 6. The Morgan fingerprint density at radius 2 is 1.52 bits per heavy atom. The molecule has 0 aliphatic rings. The van der Waals surface area contributed by atoms with Crippen molar-refractivity contribution in [1.29, 1.82) is 0 Å². The maximum Gasteiger partial charge on any atom is 0.345 e. The van der Waals surface area contributed by atoms with Crippen molar-refractivity contribution in [3.05, 3.63) is 29.3 Å². The molecule has 7 heteroatoms. The van der Waals surface area contributed by atoms with E-state index < -0.39 is 17.7 Å². The Labute approximate surface area is 133 Å². The van der Waals surface area contributed by atoms with E-state index in [1.807, 2.05) is 0 Å². The number of hydrogen-bond acceptors (Lipinski definition) is 7. The number of ether oxygens (including phenoxy) is 4. The van der Waals surface area contributed by atoms with E-state index in [-0.39, 0.29) is 11.3 Å². The summed E-state index contributed by atoms with van der Waals surface area (Å²) < 4.78 is 20.0. The van der Waals surface area contributed by atoms with E-state index in [0.29, 0.717) is 17.1 Å². The van der Waals surface area contributed by atoms with Crippen LogP contribution < -0.4 is 9.47 Å². The van der Waals surface area contributed by atoms with Gasteiger partial charge in [-0.1, -0.05) is 0 Å². The van der Waals surface area contributed by atoms with Crippen LogP contribution in [0.1, 0.15) is 19.4 Å². The summed E-state index contributed by atoms with van der Waals surface area (Å²) in [6.07, 6.45) is 0. The molecular weight excluding hydrogens is 304 g/mol. The van der Waals surface area contributed by atoms with E-state index in [1.54, 1.807) is 6.07 Å². The van der Waals surface area contributed by atoms with Gasteiger partial charge in [-0.25, -0.2) is 4.79 Å². The molecule has 0 fully saturated rings. The normalized spacial score (nSPS) is 11.2. The van der Waals surface area contributed by atoms with Crippen LogP contribution in [0.5, 0.6) is 11.5 Å². The van der Waals surface area contributed by atoms with Crippen LogP contribution in [0.2, 0.25) is 0 Å². The van der Waals surface area contributed by atoms with Crippen LogP contribution in [-0.2, 0) is 23.9 Å². The van der Waals surface area contributed by atoms with Gasteiger partial charge >= 0.3 is 11.9 Å². The minimum absolute atomic E-state index is 0.196. The number of methoxy groups -OCH3 is 3. The number of ketones is 1. The van der Waals surface area contributed by atoms with Gasteiger partial charge in [0.2, 0.25) is 0 Å². The molecule has 0 atom stereocenters. The standard InChI is InChI=1S/C16H18O7/c1-9(17)14(16(19)22-5)15(23-10(2)18)11-6-7-12(20-3)13(8-11)21-4/h6-8H,1-5H3/b15-14-. The van der Waals surface area contributed by atoms with Gasteiger partial charge in [0.15, 0.2) is 23.0 Å². The molecule has 0 radical (unpaired) electrons. The molecule has 0 spiro atoms. The summed E-state index contributed by atoms with van der Waals surface area (Å²) in [6, 6.07) is 4.58. The summed E-state index contributed by atoms with van der Waals surface area (Å²) in [7, 11) is 4.03. The second-order valence-corrected chi connectivity index (χ2v) is 4.42. The maximum absolute atomic E-state index is 11.9. The summed E-state index contributed by atoms with van der Waals surface area (Å²) in [4.78, 5) is 35.1. The van der Waals surface area contributed by atoms with Crippen LogP contribution in [-0.4, -0.2) is 39.1 Å². The lowest BCUT2D eigenvalue weighted by Gasteiger charge is -2.14. The highest BCUT2D eigenvalue weighted by atomic mass is 16.5. The third kappa shape index (κ3) is 4.32. The van der Waals surface area contributed by atoms with Crippen molar-refractivity contribution in [3.8, 4) is 11.5 Å². The lowest BCUT2D eigenvalue weighted by molar-refractivity contribution is -0.137. The topological polar surface area (TPSA) is 88.1 Å². The summed E-state index contributed by atoms with van der Waals surface area (Å²) in [5.74, 6) is -1.58. The minimum atomic E-state index is -0.900. The smallest absolute Gasteiger partial charge is 0.345 e. The molecular formula is C16H18O7. The van der Waals surface area contributed by atoms with Gasteiger partial charge in [-0.2, -0.15) is 0 Å². The molecule has 0 saturated heterocycles. The highest BCUT2D eigenvalue weighted by molar-refractivity contribution is 6.21. The molecule has 1 aromatic carbocycles. The minimum Gasteiger partial charge on any atom is -0.493 e. The van der Waals surface area contributed by atoms with Gasteiger partial charge in [0.05, 0.1) is 21.3 Å². The van der Waals surface area contributed by atoms with Crippen LogP contribution in [0.15, 0.2) is 23.8 Å². The molecule has 0 N–H and O–H groups in total. The fourth-order valence-electron chi connectivity index (χ4n) is 1.87. The molecule has 0 amide bonds. The van der Waals surface area contributed by atoms with Gasteiger partial charge in [-0.15, -0.1) is 0 Å². The molecule has 23 heavy (non-hydrogen) atoms. The molecule has 0 heterocycles. The Balaban J connectivity index is 3.62. The fraction of sp³-hybridized carbons (Fsp3) is 0.312. The van der Waals surface area contributed by atoms with Crippen LogP contribution in [0.3, 0.4) is 0 Å². The molecule has 0 aromatic heterocycles. The van der Waals surface area contributed by atoms with Crippen LogP contribution in [0.25, 0.3) is 5.76 Å². The molecule has 0 unspecified atom stereocenters. The van der Waals surface area contributed by atoms with Crippen molar-refractivity contribution in [2.24, 2.45) is 0 Å². The molecule has 1 rings (SSSR count). The molecule has 0 aliphatic carbocycles. The second-order valence-electron chi connectivity index (χ2n) is 4.42. The average molecular weight is 322 g/mol. The van der Waals surface area contributed by atoms with Crippen molar-refractivity contribution in [2.75, 3.05) is 21.3 Å². The third-order valence-electron chi connectivity index (χ3n) is 2.86. The first-order valence-electron chi connectivity index (χ1n) is 6.60. The highest BCUT2D eigenvalue weighted by Gasteiger charge is 2.25. The molecule has 0 saturated carbocycles. The average Bonchev–Trinajstić information content (AvgIpc) is 2.52. The summed E-state index contributed by atoms with van der Waals surface area (Å²) in [5, 5.41) is 0. The van der Waals surface area contributed by atoms with E-state index in [4.69, 9.17) is 14.2 Å². The molecule has 124 valence electrons. The van der Waals surface area contributed by atoms with Crippen LogP contribution >= 0.6 is 0 Å². The third-order valence-corrected chi connectivity index (χ3v) is 2.86. The van der Waals surface area contributed by atoms with Crippen molar-refractivity contribution in [2.45, 2.75) is 13.8 Å². The fourth-order valence-corrected chi connectivity index (χ4v) is 1.87. The SMILES string of the molecule is COC(=O)/C(C(C)=O)=C(\OC(C)=O)c1ccc(OC)c(OC)c1. The van der Waals surface area contributed by atoms with Gasteiger partial charge in [0, 0.05) is 12.5 Å². The van der Waals surface area contributed by atoms with Gasteiger partial charge < -0.3 is 18.9 Å². The highest BCUT2D eigenvalue weighted by Crippen LogP contribution is 2.32. The van der Waals surface area contributed by atoms with Gasteiger partial charge in [-0.3, -0.25) is 9.59 Å². The first-order chi connectivity index (χ1) is 10.8. The Morgan fingerprint density at radius 3 is 1.96 bits per heavy atom. The van der Waals surface area contributed by atoms with E-state index >= 15 is 0 Å². The molecule has 0 aliphatic heterocycles. The summed E-state index contributed by atoms with van der Waals surface area (Å²) >= 11 is 0. The number of carbonyl (C=O) groups excluding carboxylic acids is 3. The number of benzene rings is 1. The Kier molecular flexibility index (Phi) is 6.32. The molecule has 7 nitrogen and oxygen atoms in total. The largest absolute Gasteiger partial charge is 0.493 e.